The number of rotatable bonds is 7. The SMILES string of the molecule is Cc1ncc(CNCc2ccc3c(c2)[C@@H](NC(=O)c2ccc(-c4ccccc4)cc2)[C@H](O)C3)s1. The minimum atomic E-state index is -0.633. The predicted molar refractivity (Wildman–Crippen MR) is 136 cm³/mol. The Morgan fingerprint density at radius 1 is 1.03 bits per heavy atom. The van der Waals surface area contributed by atoms with Crippen LogP contribution in [0.4, 0.5) is 0 Å². The van der Waals surface area contributed by atoms with Crippen LogP contribution in [0.2, 0.25) is 0 Å². The van der Waals surface area contributed by atoms with Crippen LogP contribution in [0, 0.1) is 6.92 Å². The zero-order valence-corrected chi connectivity index (χ0v) is 19.8. The summed E-state index contributed by atoms with van der Waals surface area (Å²) < 4.78 is 0. The number of thiazole rings is 1. The van der Waals surface area contributed by atoms with Gasteiger partial charge in [-0.3, -0.25) is 4.79 Å². The molecule has 5 rings (SSSR count). The lowest BCUT2D eigenvalue weighted by Crippen LogP contribution is -2.33. The Balaban J connectivity index is 1.25. The van der Waals surface area contributed by atoms with Crippen LogP contribution in [0.25, 0.3) is 11.1 Å². The molecule has 172 valence electrons. The van der Waals surface area contributed by atoms with E-state index in [1.165, 1.54) is 4.88 Å². The zero-order chi connectivity index (χ0) is 23.5. The summed E-state index contributed by atoms with van der Waals surface area (Å²) in [6, 6.07) is 23.5. The average Bonchev–Trinajstić information content (AvgIpc) is 3.41. The van der Waals surface area contributed by atoms with Gasteiger partial charge in [0.2, 0.25) is 0 Å². The molecule has 0 saturated heterocycles. The highest BCUT2D eigenvalue weighted by Crippen LogP contribution is 2.33. The molecule has 0 saturated carbocycles. The Labute approximate surface area is 203 Å². The topological polar surface area (TPSA) is 74.2 Å². The number of benzene rings is 3. The van der Waals surface area contributed by atoms with Crippen molar-refractivity contribution in [1.82, 2.24) is 15.6 Å². The zero-order valence-electron chi connectivity index (χ0n) is 19.0. The highest BCUT2D eigenvalue weighted by Gasteiger charge is 2.32. The Morgan fingerprint density at radius 3 is 2.53 bits per heavy atom. The first-order valence-electron chi connectivity index (χ1n) is 11.4. The van der Waals surface area contributed by atoms with Crippen molar-refractivity contribution < 1.29 is 9.90 Å². The van der Waals surface area contributed by atoms with Crippen molar-refractivity contribution in [3.63, 3.8) is 0 Å². The molecule has 4 aromatic rings. The normalized spacial score (nSPS) is 16.9. The average molecular weight is 470 g/mol. The summed E-state index contributed by atoms with van der Waals surface area (Å²) in [5.74, 6) is -0.180. The molecular weight excluding hydrogens is 442 g/mol. The number of hydrogen-bond donors (Lipinski definition) is 3. The summed E-state index contributed by atoms with van der Waals surface area (Å²) in [5.41, 5.74) is 5.96. The molecule has 0 aliphatic heterocycles. The molecule has 3 N–H and O–H groups in total. The number of amides is 1. The van der Waals surface area contributed by atoms with Gasteiger partial charge in [-0.05, 0) is 46.9 Å². The van der Waals surface area contributed by atoms with Crippen LogP contribution in [0.1, 0.15) is 43.0 Å². The first-order chi connectivity index (χ1) is 16.6. The number of fused-ring (bicyclic) bond motifs is 1. The molecule has 0 bridgehead atoms. The lowest BCUT2D eigenvalue weighted by molar-refractivity contribution is 0.0858. The third-order valence-electron chi connectivity index (χ3n) is 6.20. The quantitative estimate of drug-likeness (QED) is 0.364. The van der Waals surface area contributed by atoms with Crippen molar-refractivity contribution in [3.8, 4) is 11.1 Å². The summed E-state index contributed by atoms with van der Waals surface area (Å²) in [5, 5.41) is 18.3. The molecule has 34 heavy (non-hydrogen) atoms. The van der Waals surface area contributed by atoms with E-state index >= 15 is 0 Å². The number of aromatic nitrogens is 1. The molecule has 3 aromatic carbocycles. The largest absolute Gasteiger partial charge is 0.390 e. The van der Waals surface area contributed by atoms with Gasteiger partial charge in [-0.25, -0.2) is 4.98 Å². The summed E-state index contributed by atoms with van der Waals surface area (Å²) in [6.07, 6.45) is 1.82. The standard InChI is InChI=1S/C28H27N3O2S/c1-18-30-17-24(34-18)16-29-15-19-7-8-23-14-26(32)27(25(23)13-19)31-28(33)22-11-9-21(10-12-22)20-5-3-2-4-6-20/h2-13,17,26-27,29,32H,14-16H2,1H3,(H,31,33)/t26-,27-/m1/s1. The molecule has 0 fully saturated rings. The number of aliphatic hydroxyl groups excluding tert-OH is 1. The first-order valence-corrected chi connectivity index (χ1v) is 12.3. The van der Waals surface area contributed by atoms with Crippen LogP contribution >= 0.6 is 11.3 Å². The first kappa shape index (κ1) is 22.5. The van der Waals surface area contributed by atoms with Crippen LogP contribution in [-0.2, 0) is 19.5 Å². The van der Waals surface area contributed by atoms with E-state index in [0.29, 0.717) is 18.5 Å². The van der Waals surface area contributed by atoms with E-state index in [1.807, 2.05) is 67.7 Å². The number of hydrogen-bond acceptors (Lipinski definition) is 5. The number of aliphatic hydroxyl groups is 1. The van der Waals surface area contributed by atoms with Gasteiger partial charge in [0.1, 0.15) is 0 Å². The smallest absolute Gasteiger partial charge is 0.251 e. The Bertz CT molecular complexity index is 1280. The number of carbonyl (C=O) groups is 1. The van der Waals surface area contributed by atoms with Gasteiger partial charge in [0.05, 0.1) is 17.2 Å². The maximum Gasteiger partial charge on any atom is 0.251 e. The Morgan fingerprint density at radius 2 is 1.79 bits per heavy atom. The number of aryl methyl sites for hydroxylation is 1. The minimum Gasteiger partial charge on any atom is -0.390 e. The molecule has 6 heteroatoms. The molecule has 2 atom stereocenters. The van der Waals surface area contributed by atoms with Crippen molar-refractivity contribution in [1.29, 1.82) is 0 Å². The van der Waals surface area contributed by atoms with E-state index in [9.17, 15) is 9.90 Å². The predicted octanol–water partition coefficient (Wildman–Crippen LogP) is 4.80. The molecule has 1 heterocycles. The second-order valence-corrected chi connectivity index (χ2v) is 9.97. The lowest BCUT2D eigenvalue weighted by Gasteiger charge is -2.19. The van der Waals surface area contributed by atoms with Crippen LogP contribution in [0.5, 0.6) is 0 Å². The van der Waals surface area contributed by atoms with E-state index in [4.69, 9.17) is 0 Å². The summed E-state index contributed by atoms with van der Waals surface area (Å²) in [7, 11) is 0. The lowest BCUT2D eigenvalue weighted by atomic mass is 10.0. The highest BCUT2D eigenvalue weighted by molar-refractivity contribution is 7.11. The molecule has 5 nitrogen and oxygen atoms in total. The molecule has 0 spiro atoms. The van der Waals surface area contributed by atoms with Crippen molar-refractivity contribution in [3.05, 3.63) is 111 Å². The second kappa shape index (κ2) is 9.89. The summed E-state index contributed by atoms with van der Waals surface area (Å²) in [4.78, 5) is 18.5. The number of nitrogens with one attached hydrogen (secondary N) is 2. The van der Waals surface area contributed by atoms with Crippen molar-refractivity contribution in [2.24, 2.45) is 0 Å². The molecule has 1 aliphatic rings. The van der Waals surface area contributed by atoms with Crippen LogP contribution in [-0.4, -0.2) is 22.1 Å². The second-order valence-electron chi connectivity index (χ2n) is 8.65. The van der Waals surface area contributed by atoms with Gasteiger partial charge in [-0.1, -0.05) is 60.7 Å². The number of carbonyl (C=O) groups excluding carboxylic acids is 1. The van der Waals surface area contributed by atoms with Gasteiger partial charge in [-0.2, -0.15) is 0 Å². The molecule has 0 unspecified atom stereocenters. The molecule has 0 radical (unpaired) electrons. The third kappa shape index (κ3) is 4.94. The van der Waals surface area contributed by atoms with E-state index in [1.54, 1.807) is 11.3 Å². The highest BCUT2D eigenvalue weighted by atomic mass is 32.1. The monoisotopic (exact) mass is 469 g/mol. The van der Waals surface area contributed by atoms with Gasteiger partial charge in [0, 0.05) is 36.1 Å². The van der Waals surface area contributed by atoms with Crippen molar-refractivity contribution in [2.75, 3.05) is 0 Å². The van der Waals surface area contributed by atoms with E-state index in [2.05, 4.69) is 33.8 Å². The molecule has 1 aliphatic carbocycles. The molecule has 1 aromatic heterocycles. The van der Waals surface area contributed by atoms with Gasteiger partial charge < -0.3 is 15.7 Å². The van der Waals surface area contributed by atoms with Crippen molar-refractivity contribution >= 4 is 17.2 Å². The Hall–Kier alpha value is -3.32. The van der Waals surface area contributed by atoms with Gasteiger partial charge >= 0.3 is 0 Å². The summed E-state index contributed by atoms with van der Waals surface area (Å²) >= 11 is 1.69. The minimum absolute atomic E-state index is 0.180. The van der Waals surface area contributed by atoms with Crippen molar-refractivity contribution in [2.45, 2.75) is 38.6 Å². The van der Waals surface area contributed by atoms with Crippen LogP contribution in [0.15, 0.2) is 79.0 Å². The Kier molecular flexibility index (Phi) is 6.54. The van der Waals surface area contributed by atoms with Gasteiger partial charge in [0.15, 0.2) is 0 Å². The fourth-order valence-electron chi connectivity index (χ4n) is 4.44. The van der Waals surface area contributed by atoms with E-state index in [-0.39, 0.29) is 5.91 Å². The third-order valence-corrected chi connectivity index (χ3v) is 7.11. The van der Waals surface area contributed by atoms with Crippen LogP contribution in [0.3, 0.4) is 0 Å². The molecule has 1 amide bonds. The fourth-order valence-corrected chi connectivity index (χ4v) is 5.20. The van der Waals surface area contributed by atoms with E-state index < -0.39 is 12.1 Å². The maximum atomic E-state index is 13.0. The van der Waals surface area contributed by atoms with Gasteiger partial charge in [-0.15, -0.1) is 11.3 Å². The van der Waals surface area contributed by atoms with Crippen LogP contribution < -0.4 is 10.6 Å². The maximum absolute atomic E-state index is 13.0. The number of nitrogens with zero attached hydrogens (tertiary/aromatic N) is 1. The van der Waals surface area contributed by atoms with Gasteiger partial charge in [0.25, 0.3) is 5.91 Å². The fraction of sp³-hybridized carbons (Fsp3) is 0.214. The molecular formula is C28H27N3O2S. The van der Waals surface area contributed by atoms with E-state index in [0.717, 1.165) is 39.4 Å². The summed E-state index contributed by atoms with van der Waals surface area (Å²) in [6.45, 7) is 3.48.